The average molecular weight is 439 g/mol. The molecule has 0 atom stereocenters. The van der Waals surface area contributed by atoms with Gasteiger partial charge < -0.3 is 14.2 Å². The van der Waals surface area contributed by atoms with E-state index in [1.807, 2.05) is 48.5 Å². The maximum atomic E-state index is 13.6. The van der Waals surface area contributed by atoms with E-state index in [-0.39, 0.29) is 11.7 Å². The van der Waals surface area contributed by atoms with E-state index in [2.05, 4.69) is 36.9 Å². The highest BCUT2D eigenvalue weighted by Crippen LogP contribution is 2.32. The van der Waals surface area contributed by atoms with Crippen molar-refractivity contribution in [3.05, 3.63) is 100 Å². The highest BCUT2D eigenvalue weighted by Gasteiger charge is 2.28. The van der Waals surface area contributed by atoms with Crippen molar-refractivity contribution in [2.45, 2.75) is 13.8 Å². The molecule has 3 aromatic carbocycles. The number of amides is 1. The first kappa shape index (κ1) is 21.0. The molecule has 33 heavy (non-hydrogen) atoms. The van der Waals surface area contributed by atoms with Crippen LogP contribution in [-0.2, 0) is 0 Å². The summed E-state index contributed by atoms with van der Waals surface area (Å²) in [6.07, 6.45) is 0. The summed E-state index contributed by atoms with van der Waals surface area (Å²) in [5, 5.41) is 1.21. The van der Waals surface area contributed by atoms with Gasteiger partial charge in [0.05, 0.1) is 5.39 Å². The topological polar surface area (TPSA) is 53.8 Å². The van der Waals surface area contributed by atoms with Crippen molar-refractivity contribution in [3.63, 3.8) is 0 Å². The van der Waals surface area contributed by atoms with Crippen LogP contribution in [0.3, 0.4) is 0 Å². The van der Waals surface area contributed by atoms with Crippen LogP contribution < -0.4 is 10.5 Å². The molecule has 1 aliphatic rings. The second-order valence-electron chi connectivity index (χ2n) is 8.57. The van der Waals surface area contributed by atoms with Crippen LogP contribution in [0.15, 0.2) is 82.0 Å². The summed E-state index contributed by atoms with van der Waals surface area (Å²) < 4.78 is 5.68. The zero-order valence-electron chi connectivity index (χ0n) is 18.9. The third-order valence-electron chi connectivity index (χ3n) is 6.37. The van der Waals surface area contributed by atoms with Gasteiger partial charge in [-0.2, -0.15) is 0 Å². The number of carbonyl (C=O) groups excluding carboxylic acids is 1. The Morgan fingerprint density at radius 3 is 2.21 bits per heavy atom. The van der Waals surface area contributed by atoms with E-state index in [1.54, 1.807) is 11.0 Å². The molecule has 5 rings (SSSR count). The lowest BCUT2D eigenvalue weighted by molar-refractivity contribution is 0.0711. The van der Waals surface area contributed by atoms with Crippen LogP contribution >= 0.6 is 0 Å². The number of fused-ring (bicyclic) bond motifs is 1. The fourth-order valence-corrected chi connectivity index (χ4v) is 4.60. The number of carbonyl (C=O) groups is 1. The van der Waals surface area contributed by atoms with Gasteiger partial charge >= 0.3 is 5.63 Å². The summed E-state index contributed by atoms with van der Waals surface area (Å²) >= 11 is 0. The molecular weight excluding hydrogens is 412 g/mol. The molecule has 1 aromatic heterocycles. The quantitative estimate of drug-likeness (QED) is 0.450. The molecule has 0 aliphatic carbocycles. The number of piperazine rings is 1. The van der Waals surface area contributed by atoms with Gasteiger partial charge in [0.2, 0.25) is 5.76 Å². The van der Waals surface area contributed by atoms with E-state index < -0.39 is 5.63 Å². The fourth-order valence-electron chi connectivity index (χ4n) is 4.60. The predicted octanol–water partition coefficient (Wildman–Crippen LogP) is 5.04. The van der Waals surface area contributed by atoms with Gasteiger partial charge in [-0.3, -0.25) is 4.79 Å². The number of hydrogen-bond donors (Lipinski definition) is 0. The number of hydrogen-bond acceptors (Lipinski definition) is 4. The molecule has 1 saturated heterocycles. The highest BCUT2D eigenvalue weighted by molar-refractivity contribution is 6.07. The summed E-state index contributed by atoms with van der Waals surface area (Å²) in [6, 6.07) is 23.4. The summed E-state index contributed by atoms with van der Waals surface area (Å²) in [6.45, 7) is 6.80. The van der Waals surface area contributed by atoms with Crippen LogP contribution in [0.4, 0.5) is 5.69 Å². The van der Waals surface area contributed by atoms with Crippen molar-refractivity contribution in [1.29, 1.82) is 0 Å². The van der Waals surface area contributed by atoms with E-state index in [4.69, 9.17) is 4.42 Å². The first-order valence-corrected chi connectivity index (χ1v) is 11.3. The molecule has 1 aliphatic heterocycles. The molecule has 0 N–H and O–H groups in total. The van der Waals surface area contributed by atoms with Gasteiger partial charge in [-0.1, -0.05) is 60.7 Å². The number of anilines is 1. The Morgan fingerprint density at radius 1 is 0.818 bits per heavy atom. The van der Waals surface area contributed by atoms with Crippen LogP contribution in [0.2, 0.25) is 0 Å². The molecule has 0 spiro atoms. The van der Waals surface area contributed by atoms with Crippen LogP contribution in [0.25, 0.3) is 21.9 Å². The number of aryl methyl sites for hydroxylation is 2. The summed E-state index contributed by atoms with van der Waals surface area (Å²) in [5.74, 6) is -0.123. The van der Waals surface area contributed by atoms with Crippen molar-refractivity contribution < 1.29 is 9.21 Å². The fraction of sp³-hybridized carbons (Fsp3) is 0.214. The van der Waals surface area contributed by atoms with Gasteiger partial charge in [0.15, 0.2) is 0 Å². The van der Waals surface area contributed by atoms with Crippen LogP contribution in [-0.4, -0.2) is 37.0 Å². The lowest BCUT2D eigenvalue weighted by Crippen LogP contribution is -2.49. The van der Waals surface area contributed by atoms with E-state index >= 15 is 0 Å². The Labute approximate surface area is 192 Å². The maximum absolute atomic E-state index is 13.6. The minimum Gasteiger partial charge on any atom is -0.416 e. The molecule has 1 fully saturated rings. The average Bonchev–Trinajstić information content (AvgIpc) is 2.86. The van der Waals surface area contributed by atoms with Gasteiger partial charge in [0, 0.05) is 42.8 Å². The van der Waals surface area contributed by atoms with Gasteiger partial charge in [0.25, 0.3) is 5.91 Å². The number of rotatable bonds is 3. The van der Waals surface area contributed by atoms with E-state index in [1.165, 1.54) is 16.8 Å². The van der Waals surface area contributed by atoms with Gasteiger partial charge in [0.1, 0.15) is 0 Å². The summed E-state index contributed by atoms with van der Waals surface area (Å²) in [7, 11) is 0. The van der Waals surface area contributed by atoms with E-state index in [9.17, 15) is 9.59 Å². The maximum Gasteiger partial charge on any atom is 0.344 e. The molecule has 1 amide bonds. The Bertz CT molecular complexity index is 1380. The molecule has 0 bridgehead atoms. The van der Waals surface area contributed by atoms with Crippen molar-refractivity contribution in [2.24, 2.45) is 0 Å². The third-order valence-corrected chi connectivity index (χ3v) is 6.37. The standard InChI is InChI=1S/C28H26N2O3/c1-19-12-13-20(2)24(18-19)29-14-16-30(17-15-29)27(31)26-25(21-8-4-3-5-9-21)22-10-6-7-11-23(22)28(32)33-26/h3-13,18H,14-17H2,1-2H3. The molecule has 0 radical (unpaired) electrons. The predicted molar refractivity (Wildman–Crippen MR) is 132 cm³/mol. The second-order valence-corrected chi connectivity index (χ2v) is 8.57. The Hall–Kier alpha value is -3.86. The second kappa shape index (κ2) is 8.58. The Morgan fingerprint density at radius 2 is 1.48 bits per heavy atom. The molecule has 4 aromatic rings. The van der Waals surface area contributed by atoms with E-state index in [0.717, 1.165) is 24.0 Å². The lowest BCUT2D eigenvalue weighted by Gasteiger charge is -2.37. The normalized spacial score (nSPS) is 14.0. The largest absolute Gasteiger partial charge is 0.416 e. The van der Waals surface area contributed by atoms with Crippen molar-refractivity contribution in [2.75, 3.05) is 31.1 Å². The van der Waals surface area contributed by atoms with Crippen molar-refractivity contribution in [1.82, 2.24) is 4.90 Å². The Kier molecular flexibility index (Phi) is 5.47. The van der Waals surface area contributed by atoms with Crippen LogP contribution in [0.1, 0.15) is 21.7 Å². The van der Waals surface area contributed by atoms with Gasteiger partial charge in [-0.05, 0) is 42.7 Å². The summed E-state index contributed by atoms with van der Waals surface area (Å²) in [4.78, 5) is 30.5. The monoisotopic (exact) mass is 438 g/mol. The zero-order chi connectivity index (χ0) is 22.9. The van der Waals surface area contributed by atoms with Crippen LogP contribution in [0, 0.1) is 13.8 Å². The minimum atomic E-state index is -0.484. The van der Waals surface area contributed by atoms with Crippen molar-refractivity contribution in [3.8, 4) is 11.1 Å². The molecule has 0 unspecified atom stereocenters. The molecular formula is C28H26N2O3. The third kappa shape index (κ3) is 3.91. The van der Waals surface area contributed by atoms with Crippen molar-refractivity contribution >= 4 is 22.4 Å². The number of nitrogens with zero attached hydrogens (tertiary/aromatic N) is 2. The molecule has 2 heterocycles. The van der Waals surface area contributed by atoms with Crippen LogP contribution in [0.5, 0.6) is 0 Å². The summed E-state index contributed by atoms with van der Waals surface area (Å²) in [5.41, 5.74) is 4.71. The lowest BCUT2D eigenvalue weighted by atomic mass is 9.97. The van der Waals surface area contributed by atoms with E-state index in [0.29, 0.717) is 24.0 Å². The molecule has 166 valence electrons. The Balaban J connectivity index is 1.50. The smallest absolute Gasteiger partial charge is 0.344 e. The molecule has 0 saturated carbocycles. The zero-order valence-corrected chi connectivity index (χ0v) is 18.9. The first-order valence-electron chi connectivity index (χ1n) is 11.3. The SMILES string of the molecule is Cc1ccc(C)c(N2CCN(C(=O)c3oc(=O)c4ccccc4c3-c3ccccc3)CC2)c1. The highest BCUT2D eigenvalue weighted by atomic mass is 16.4. The minimum absolute atomic E-state index is 0.116. The number of benzene rings is 3. The first-order chi connectivity index (χ1) is 16.0. The molecule has 5 heteroatoms. The van der Waals surface area contributed by atoms with Gasteiger partial charge in [-0.25, -0.2) is 4.79 Å². The van der Waals surface area contributed by atoms with Gasteiger partial charge in [-0.15, -0.1) is 0 Å². The molecule has 5 nitrogen and oxygen atoms in total.